The van der Waals surface area contributed by atoms with E-state index in [4.69, 9.17) is 0 Å². The van der Waals surface area contributed by atoms with Crippen LogP contribution in [-0.4, -0.2) is 14.5 Å². The van der Waals surface area contributed by atoms with Gasteiger partial charge in [-0.05, 0) is 58.5 Å². The van der Waals surface area contributed by atoms with Gasteiger partial charge in [-0.2, -0.15) is 0 Å². The Hall–Kier alpha value is -1.79. The Bertz CT molecular complexity index is 1080. The van der Waals surface area contributed by atoms with Crippen LogP contribution in [0.4, 0.5) is 4.39 Å². The van der Waals surface area contributed by atoms with Gasteiger partial charge in [0.1, 0.15) is 15.3 Å². The predicted molar refractivity (Wildman–Crippen MR) is 98.1 cm³/mol. The summed E-state index contributed by atoms with van der Waals surface area (Å²) in [6, 6.07) is 6.29. The van der Waals surface area contributed by atoms with E-state index in [1.807, 2.05) is 16.8 Å². The van der Waals surface area contributed by atoms with Gasteiger partial charge in [-0.1, -0.05) is 0 Å². The molecule has 0 aromatic carbocycles. The minimum absolute atomic E-state index is 0.236. The average Bonchev–Trinajstić information content (AvgIpc) is 3.27. The normalized spacial score (nSPS) is 14.8. The van der Waals surface area contributed by atoms with Crippen LogP contribution < -0.4 is 0 Å². The first-order valence-corrected chi connectivity index (χ1v) is 9.46. The summed E-state index contributed by atoms with van der Waals surface area (Å²) in [4.78, 5) is 10.9. The second-order valence-electron chi connectivity index (χ2n) is 6.28. The predicted octanol–water partition coefficient (Wildman–Crippen LogP) is 5.47. The van der Waals surface area contributed by atoms with Crippen molar-refractivity contribution in [1.82, 2.24) is 14.5 Å². The molecule has 5 rings (SSSR count). The summed E-state index contributed by atoms with van der Waals surface area (Å²) < 4.78 is 16.8. The molecule has 3 nitrogen and oxygen atoms in total. The summed E-state index contributed by atoms with van der Waals surface area (Å²) in [6.07, 6.45) is 7.68. The maximum absolute atomic E-state index is 14.1. The summed E-state index contributed by atoms with van der Waals surface area (Å²) >= 11 is 5.04. The molecule has 0 aliphatic heterocycles. The van der Waals surface area contributed by atoms with Crippen LogP contribution in [0.5, 0.6) is 0 Å². The minimum atomic E-state index is -0.236. The first kappa shape index (κ1) is 14.5. The van der Waals surface area contributed by atoms with E-state index in [2.05, 4.69) is 38.0 Å². The summed E-state index contributed by atoms with van der Waals surface area (Å²) in [5, 5.41) is 1.74. The van der Waals surface area contributed by atoms with Gasteiger partial charge in [0.25, 0.3) is 0 Å². The van der Waals surface area contributed by atoms with Crippen LogP contribution in [0.15, 0.2) is 41.4 Å². The lowest BCUT2D eigenvalue weighted by Gasteiger charge is -2.02. The van der Waals surface area contributed by atoms with Gasteiger partial charge in [0.2, 0.25) is 0 Å². The molecule has 0 saturated heterocycles. The highest BCUT2D eigenvalue weighted by molar-refractivity contribution is 9.10. The fourth-order valence-electron chi connectivity index (χ4n) is 3.14. The van der Waals surface area contributed by atoms with Gasteiger partial charge in [0.15, 0.2) is 0 Å². The molecule has 0 spiro atoms. The first-order valence-electron chi connectivity index (χ1n) is 7.85. The molecule has 4 heterocycles. The van der Waals surface area contributed by atoms with Gasteiger partial charge in [-0.3, -0.25) is 0 Å². The van der Waals surface area contributed by atoms with Gasteiger partial charge >= 0.3 is 0 Å². The van der Waals surface area contributed by atoms with E-state index in [-0.39, 0.29) is 5.82 Å². The number of thiophene rings is 1. The van der Waals surface area contributed by atoms with E-state index in [9.17, 15) is 4.39 Å². The van der Waals surface area contributed by atoms with Gasteiger partial charge < -0.3 is 4.57 Å². The lowest BCUT2D eigenvalue weighted by Crippen LogP contribution is -1.95. The fourth-order valence-corrected chi connectivity index (χ4v) is 4.43. The van der Waals surface area contributed by atoms with Crippen molar-refractivity contribution in [2.75, 3.05) is 0 Å². The van der Waals surface area contributed by atoms with Crippen molar-refractivity contribution in [3.8, 4) is 0 Å². The first-order chi connectivity index (χ1) is 11.7. The highest BCUT2D eigenvalue weighted by Gasteiger charge is 2.24. The molecule has 4 aromatic heterocycles. The molecular weight excluding hydrogens is 389 g/mol. The Balaban J connectivity index is 1.55. The number of fused-ring (bicyclic) bond motifs is 2. The molecule has 1 aliphatic carbocycles. The molecule has 1 aliphatic rings. The molecule has 0 unspecified atom stereocenters. The molecule has 1 saturated carbocycles. The standard InChI is InChI=1S/C18H13BrFN3S/c19-17-5-16-14(7-21-17)15(20)9-23(16)8-13-4-11-3-12(10-1-2-10)6-22-18(11)24-13/h3-7,9-10H,1-2,8H2. The maximum Gasteiger partial charge on any atom is 0.150 e. The Labute approximate surface area is 150 Å². The number of halogens is 2. The van der Waals surface area contributed by atoms with Crippen LogP contribution in [-0.2, 0) is 6.54 Å². The van der Waals surface area contributed by atoms with Gasteiger partial charge in [0, 0.05) is 28.9 Å². The smallest absolute Gasteiger partial charge is 0.150 e. The number of hydrogen-bond acceptors (Lipinski definition) is 3. The van der Waals surface area contributed by atoms with E-state index < -0.39 is 0 Å². The number of rotatable bonds is 3. The lowest BCUT2D eigenvalue weighted by atomic mass is 10.1. The average molecular weight is 402 g/mol. The Morgan fingerprint density at radius 3 is 2.92 bits per heavy atom. The summed E-state index contributed by atoms with van der Waals surface area (Å²) in [7, 11) is 0. The SMILES string of the molecule is Fc1cn(Cc2cc3cc(C4CC4)cnc3s2)c2cc(Br)ncc12. The molecular formula is C18H13BrFN3S. The van der Waals surface area contributed by atoms with Crippen LogP contribution in [0.3, 0.4) is 0 Å². The molecule has 0 radical (unpaired) electrons. The summed E-state index contributed by atoms with van der Waals surface area (Å²) in [5.74, 6) is 0.470. The molecule has 6 heteroatoms. The highest BCUT2D eigenvalue weighted by Crippen LogP contribution is 2.41. The van der Waals surface area contributed by atoms with Gasteiger partial charge in [-0.15, -0.1) is 11.3 Å². The molecule has 1 fully saturated rings. The third kappa shape index (κ3) is 2.45. The third-order valence-electron chi connectivity index (χ3n) is 4.50. The second-order valence-corrected chi connectivity index (χ2v) is 8.21. The molecule has 0 N–H and O–H groups in total. The Morgan fingerprint density at radius 2 is 2.08 bits per heavy atom. The Kier molecular flexibility index (Phi) is 3.25. The number of hydrogen-bond donors (Lipinski definition) is 0. The molecule has 24 heavy (non-hydrogen) atoms. The van der Waals surface area contributed by atoms with Crippen molar-refractivity contribution >= 4 is 48.4 Å². The third-order valence-corrected chi connectivity index (χ3v) is 5.98. The maximum atomic E-state index is 14.1. The molecule has 0 bridgehead atoms. The van der Waals surface area contributed by atoms with Gasteiger partial charge in [0.05, 0.1) is 17.4 Å². The Morgan fingerprint density at radius 1 is 1.21 bits per heavy atom. The fraction of sp³-hybridized carbons (Fsp3) is 0.222. The van der Waals surface area contributed by atoms with Crippen molar-refractivity contribution < 1.29 is 4.39 Å². The van der Waals surface area contributed by atoms with E-state index >= 15 is 0 Å². The van der Waals surface area contributed by atoms with E-state index in [1.54, 1.807) is 23.7 Å². The van der Waals surface area contributed by atoms with Crippen molar-refractivity contribution in [3.63, 3.8) is 0 Å². The molecule has 4 aromatic rings. The highest BCUT2D eigenvalue weighted by atomic mass is 79.9. The van der Waals surface area contributed by atoms with Crippen LogP contribution in [0.2, 0.25) is 0 Å². The van der Waals surface area contributed by atoms with Gasteiger partial charge in [-0.25, -0.2) is 14.4 Å². The monoisotopic (exact) mass is 401 g/mol. The summed E-state index contributed by atoms with van der Waals surface area (Å²) in [5.41, 5.74) is 2.19. The zero-order valence-corrected chi connectivity index (χ0v) is 15.1. The van der Waals surface area contributed by atoms with E-state index in [0.717, 1.165) is 10.3 Å². The van der Waals surface area contributed by atoms with Crippen molar-refractivity contribution in [3.05, 3.63) is 57.7 Å². The summed E-state index contributed by atoms with van der Waals surface area (Å²) in [6.45, 7) is 0.636. The molecule has 120 valence electrons. The minimum Gasteiger partial charge on any atom is -0.339 e. The zero-order valence-electron chi connectivity index (χ0n) is 12.7. The number of aromatic nitrogens is 3. The van der Waals surface area contributed by atoms with Crippen molar-refractivity contribution in [2.45, 2.75) is 25.3 Å². The topological polar surface area (TPSA) is 30.7 Å². The van der Waals surface area contributed by atoms with Crippen LogP contribution in [0, 0.1) is 5.82 Å². The van der Waals surface area contributed by atoms with Crippen LogP contribution >= 0.6 is 27.3 Å². The second kappa shape index (κ2) is 5.36. The van der Waals surface area contributed by atoms with Crippen molar-refractivity contribution in [2.24, 2.45) is 0 Å². The largest absolute Gasteiger partial charge is 0.339 e. The van der Waals surface area contributed by atoms with E-state index in [0.29, 0.717) is 22.5 Å². The van der Waals surface area contributed by atoms with Crippen molar-refractivity contribution in [1.29, 1.82) is 0 Å². The number of nitrogens with zero attached hydrogens (tertiary/aromatic N) is 3. The number of pyridine rings is 2. The quantitative estimate of drug-likeness (QED) is 0.426. The molecule has 0 atom stereocenters. The molecule has 0 amide bonds. The zero-order chi connectivity index (χ0) is 16.3. The van der Waals surface area contributed by atoms with E-state index in [1.165, 1.54) is 28.7 Å². The van der Waals surface area contributed by atoms with Crippen LogP contribution in [0.25, 0.3) is 21.1 Å². The lowest BCUT2D eigenvalue weighted by molar-refractivity contribution is 0.630. The van der Waals surface area contributed by atoms with Crippen LogP contribution in [0.1, 0.15) is 29.2 Å².